The molecule has 0 saturated carbocycles. The lowest BCUT2D eigenvalue weighted by atomic mass is 10.0. The van der Waals surface area contributed by atoms with E-state index >= 15 is 0 Å². The Kier molecular flexibility index (Phi) is 5.03. The van der Waals surface area contributed by atoms with Gasteiger partial charge >= 0.3 is 17.7 Å². The van der Waals surface area contributed by atoms with E-state index in [4.69, 9.17) is 0 Å². The SMILES string of the molecule is Cn1nc(Cc2cccc(C(F)(F)F)c2)c(C(=O)O)c1S(=O)(=O)C(F)(F)F. The Balaban J connectivity index is 2.61. The molecule has 1 aromatic carbocycles. The van der Waals surface area contributed by atoms with E-state index < -0.39 is 55.8 Å². The van der Waals surface area contributed by atoms with Crippen LogP contribution in [0.1, 0.15) is 27.2 Å². The number of sulfone groups is 1. The van der Waals surface area contributed by atoms with Gasteiger partial charge in [0.05, 0.1) is 11.3 Å². The van der Waals surface area contributed by atoms with Crippen LogP contribution in [0.4, 0.5) is 26.3 Å². The number of aromatic nitrogens is 2. The number of hydrogen-bond acceptors (Lipinski definition) is 4. The van der Waals surface area contributed by atoms with Crippen LogP contribution in [-0.4, -0.2) is 34.8 Å². The Morgan fingerprint density at radius 1 is 1.19 bits per heavy atom. The quantitative estimate of drug-likeness (QED) is 0.774. The third-order valence-corrected chi connectivity index (χ3v) is 5.05. The normalized spacial score (nSPS) is 13.0. The maximum absolute atomic E-state index is 12.8. The lowest BCUT2D eigenvalue weighted by Gasteiger charge is -2.09. The van der Waals surface area contributed by atoms with Gasteiger partial charge in [-0.05, 0) is 11.6 Å². The molecule has 6 nitrogen and oxygen atoms in total. The van der Waals surface area contributed by atoms with Crippen LogP contribution in [0, 0.1) is 0 Å². The molecule has 13 heteroatoms. The molecule has 2 aromatic rings. The summed E-state index contributed by atoms with van der Waals surface area (Å²) in [5, 5.41) is 11.1. The van der Waals surface area contributed by atoms with Crippen molar-refractivity contribution in [1.82, 2.24) is 9.78 Å². The average molecular weight is 416 g/mol. The molecule has 1 heterocycles. The predicted molar refractivity (Wildman–Crippen MR) is 77.7 cm³/mol. The molecule has 0 aliphatic rings. The van der Waals surface area contributed by atoms with Gasteiger partial charge in [-0.3, -0.25) is 4.68 Å². The van der Waals surface area contributed by atoms with Crippen LogP contribution in [0.15, 0.2) is 29.3 Å². The van der Waals surface area contributed by atoms with E-state index in [0.717, 1.165) is 19.2 Å². The molecule has 27 heavy (non-hydrogen) atoms. The first kappa shape index (κ1) is 20.7. The van der Waals surface area contributed by atoms with Crippen molar-refractivity contribution in [1.29, 1.82) is 0 Å². The molecule has 0 saturated heterocycles. The monoisotopic (exact) mass is 416 g/mol. The van der Waals surface area contributed by atoms with Gasteiger partial charge in [-0.1, -0.05) is 18.2 Å². The third-order valence-electron chi connectivity index (χ3n) is 3.47. The number of carbonyl (C=O) groups is 1. The molecule has 1 N–H and O–H groups in total. The third kappa shape index (κ3) is 3.91. The highest BCUT2D eigenvalue weighted by atomic mass is 32.2. The summed E-state index contributed by atoms with van der Waals surface area (Å²) in [4.78, 5) is 11.4. The topological polar surface area (TPSA) is 89.3 Å². The first-order valence-electron chi connectivity index (χ1n) is 6.93. The van der Waals surface area contributed by atoms with E-state index in [2.05, 4.69) is 5.10 Å². The summed E-state index contributed by atoms with van der Waals surface area (Å²) < 4.78 is 100. The van der Waals surface area contributed by atoms with Crippen LogP contribution >= 0.6 is 0 Å². The summed E-state index contributed by atoms with van der Waals surface area (Å²) in [6.45, 7) is 0. The van der Waals surface area contributed by atoms with Crippen LogP contribution < -0.4 is 0 Å². The molecule has 148 valence electrons. The molecule has 0 amide bonds. The minimum absolute atomic E-state index is 0.110. The number of halogens is 6. The summed E-state index contributed by atoms with van der Waals surface area (Å²) in [5.41, 5.74) is -8.81. The highest BCUT2D eigenvalue weighted by Crippen LogP contribution is 2.34. The second kappa shape index (κ2) is 6.55. The van der Waals surface area contributed by atoms with E-state index in [0.29, 0.717) is 6.07 Å². The van der Waals surface area contributed by atoms with Gasteiger partial charge in [-0.25, -0.2) is 13.2 Å². The number of nitrogens with zero attached hydrogens (tertiary/aromatic N) is 2. The molecular formula is C14H10F6N2O4S. The Hall–Kier alpha value is -2.57. The highest BCUT2D eigenvalue weighted by Gasteiger charge is 2.51. The number of aryl methyl sites for hydroxylation is 1. The molecular weight excluding hydrogens is 406 g/mol. The van der Waals surface area contributed by atoms with Crippen molar-refractivity contribution in [3.63, 3.8) is 0 Å². The van der Waals surface area contributed by atoms with Crippen molar-refractivity contribution in [3.8, 4) is 0 Å². The molecule has 0 unspecified atom stereocenters. The predicted octanol–water partition coefficient (Wildman–Crippen LogP) is 3.02. The second-order valence-electron chi connectivity index (χ2n) is 5.38. The Labute approximate surface area is 147 Å². The standard InChI is InChI=1S/C14H10F6N2O4S/c1-22-11(27(25,26)14(18,19)20)10(12(23)24)9(21-22)6-7-3-2-4-8(5-7)13(15,16)17/h2-5H,6H2,1H3,(H,23,24). The summed E-state index contributed by atoms with van der Waals surface area (Å²) in [5.74, 6) is -2.01. The summed E-state index contributed by atoms with van der Waals surface area (Å²) >= 11 is 0. The number of carboxylic acid groups (broad SMARTS) is 1. The Morgan fingerprint density at radius 2 is 1.78 bits per heavy atom. The van der Waals surface area contributed by atoms with E-state index in [9.17, 15) is 44.7 Å². The highest BCUT2D eigenvalue weighted by molar-refractivity contribution is 7.92. The van der Waals surface area contributed by atoms with Crippen molar-refractivity contribution >= 4 is 15.8 Å². The lowest BCUT2D eigenvalue weighted by molar-refractivity contribution is -0.137. The van der Waals surface area contributed by atoms with Crippen molar-refractivity contribution in [2.75, 3.05) is 0 Å². The molecule has 1 aromatic heterocycles. The first-order valence-corrected chi connectivity index (χ1v) is 8.41. The van der Waals surface area contributed by atoms with E-state index in [-0.39, 0.29) is 10.2 Å². The number of rotatable bonds is 4. The van der Waals surface area contributed by atoms with Gasteiger partial charge in [-0.2, -0.15) is 31.4 Å². The van der Waals surface area contributed by atoms with Gasteiger partial charge in [0.15, 0.2) is 5.03 Å². The Morgan fingerprint density at radius 3 is 2.26 bits per heavy atom. The molecule has 0 aliphatic heterocycles. The number of alkyl halides is 6. The fourth-order valence-corrected chi connectivity index (χ4v) is 3.45. The van der Waals surface area contributed by atoms with Crippen LogP contribution in [0.3, 0.4) is 0 Å². The maximum atomic E-state index is 12.8. The van der Waals surface area contributed by atoms with Crippen molar-refractivity contribution in [3.05, 3.63) is 46.6 Å². The van der Waals surface area contributed by atoms with Crippen LogP contribution in [0.25, 0.3) is 0 Å². The van der Waals surface area contributed by atoms with Crippen LogP contribution in [-0.2, 0) is 29.5 Å². The van der Waals surface area contributed by atoms with Gasteiger partial charge in [0.2, 0.25) is 0 Å². The Bertz CT molecular complexity index is 992. The summed E-state index contributed by atoms with van der Waals surface area (Å²) in [6.07, 6.45) is -5.31. The fraction of sp³-hybridized carbons (Fsp3) is 0.286. The van der Waals surface area contributed by atoms with Gasteiger partial charge in [0.25, 0.3) is 9.84 Å². The summed E-state index contributed by atoms with van der Waals surface area (Å²) in [6, 6.07) is 3.61. The molecule has 0 aliphatic carbocycles. The number of carboxylic acids is 1. The lowest BCUT2D eigenvalue weighted by Crippen LogP contribution is -2.27. The van der Waals surface area contributed by atoms with E-state index in [1.807, 2.05) is 0 Å². The molecule has 0 fully saturated rings. The minimum atomic E-state index is -6.05. The van der Waals surface area contributed by atoms with Crippen LogP contribution in [0.5, 0.6) is 0 Å². The van der Waals surface area contributed by atoms with Crippen molar-refractivity contribution in [2.45, 2.75) is 23.1 Å². The van der Waals surface area contributed by atoms with Crippen molar-refractivity contribution in [2.24, 2.45) is 7.05 Å². The maximum Gasteiger partial charge on any atom is 0.503 e. The van der Waals surface area contributed by atoms with Crippen molar-refractivity contribution < 1.29 is 44.7 Å². The average Bonchev–Trinajstić information content (AvgIpc) is 2.82. The number of benzene rings is 1. The number of aromatic carboxylic acids is 1. The molecule has 2 rings (SSSR count). The van der Waals surface area contributed by atoms with Gasteiger partial charge in [0, 0.05) is 13.5 Å². The molecule has 0 atom stereocenters. The molecule has 0 bridgehead atoms. The zero-order chi connectivity index (χ0) is 20.8. The summed E-state index contributed by atoms with van der Waals surface area (Å²) in [7, 11) is -5.25. The molecule has 0 radical (unpaired) electrons. The fourth-order valence-electron chi connectivity index (χ4n) is 2.37. The largest absolute Gasteiger partial charge is 0.503 e. The smallest absolute Gasteiger partial charge is 0.478 e. The zero-order valence-electron chi connectivity index (χ0n) is 13.3. The first-order chi connectivity index (χ1) is 12.2. The number of hydrogen-bond donors (Lipinski definition) is 1. The van der Waals surface area contributed by atoms with Gasteiger partial charge in [-0.15, -0.1) is 0 Å². The van der Waals surface area contributed by atoms with E-state index in [1.165, 1.54) is 6.07 Å². The van der Waals surface area contributed by atoms with Gasteiger partial charge in [0.1, 0.15) is 5.56 Å². The van der Waals surface area contributed by atoms with Gasteiger partial charge < -0.3 is 5.11 Å². The van der Waals surface area contributed by atoms with E-state index in [1.54, 1.807) is 0 Å². The zero-order valence-corrected chi connectivity index (χ0v) is 14.1. The van der Waals surface area contributed by atoms with Crippen LogP contribution in [0.2, 0.25) is 0 Å². The molecule has 0 spiro atoms. The minimum Gasteiger partial charge on any atom is -0.478 e. The second-order valence-corrected chi connectivity index (χ2v) is 7.24.